The monoisotopic (exact) mass is 295 g/mol. The van der Waals surface area contributed by atoms with Crippen molar-refractivity contribution in [3.63, 3.8) is 0 Å². The van der Waals surface area contributed by atoms with Gasteiger partial charge in [0, 0.05) is 5.69 Å². The molecule has 2 aromatic carbocycles. The number of fused-ring (bicyclic) bond motifs is 1. The van der Waals surface area contributed by atoms with E-state index in [1.54, 1.807) is 18.5 Å². The second kappa shape index (κ2) is 6.19. The summed E-state index contributed by atoms with van der Waals surface area (Å²) in [6.07, 6.45) is 3.15. The molecule has 0 saturated carbocycles. The first-order chi connectivity index (χ1) is 10.3. The van der Waals surface area contributed by atoms with Gasteiger partial charge in [-0.2, -0.15) is 5.10 Å². The van der Waals surface area contributed by atoms with Crippen molar-refractivity contribution < 1.29 is 4.42 Å². The van der Waals surface area contributed by atoms with Crippen molar-refractivity contribution in [2.75, 3.05) is 5.32 Å². The predicted molar refractivity (Wildman–Crippen MR) is 89.6 cm³/mol. The molecular formula is C16H13N3OS. The second-order valence-electron chi connectivity index (χ2n) is 4.40. The fraction of sp³-hybridized carbons (Fsp3) is 0. The van der Waals surface area contributed by atoms with Crippen LogP contribution in [-0.2, 0) is 0 Å². The third-order valence-corrected chi connectivity index (χ3v) is 3.10. The standard InChI is InChI=1S/C16H13N3OS/c21-16(19-17-11-15-6-3-9-20-15)18-14-8-7-12-4-1-2-5-13(12)10-14/h1-11H,(H2,18,19,21)/b17-11-. The molecular weight excluding hydrogens is 282 g/mol. The molecule has 4 nitrogen and oxygen atoms in total. The van der Waals surface area contributed by atoms with Gasteiger partial charge in [-0.15, -0.1) is 0 Å². The Morgan fingerprint density at radius 3 is 2.71 bits per heavy atom. The average molecular weight is 295 g/mol. The minimum absolute atomic E-state index is 0.424. The van der Waals surface area contributed by atoms with Gasteiger partial charge in [0.25, 0.3) is 0 Å². The summed E-state index contributed by atoms with van der Waals surface area (Å²) < 4.78 is 5.13. The topological polar surface area (TPSA) is 49.6 Å². The van der Waals surface area contributed by atoms with Gasteiger partial charge >= 0.3 is 0 Å². The Bertz CT molecular complexity index is 781. The van der Waals surface area contributed by atoms with Crippen LogP contribution >= 0.6 is 12.2 Å². The van der Waals surface area contributed by atoms with E-state index in [2.05, 4.69) is 28.0 Å². The number of thiocarbonyl (C=S) groups is 1. The highest BCUT2D eigenvalue weighted by Gasteiger charge is 1.98. The van der Waals surface area contributed by atoms with Crippen LogP contribution in [0.4, 0.5) is 5.69 Å². The Balaban J connectivity index is 1.63. The molecule has 0 aliphatic carbocycles. The molecule has 5 heteroatoms. The van der Waals surface area contributed by atoms with Gasteiger partial charge in [0.1, 0.15) is 5.76 Å². The second-order valence-corrected chi connectivity index (χ2v) is 4.81. The van der Waals surface area contributed by atoms with Gasteiger partial charge in [-0.05, 0) is 47.3 Å². The molecule has 0 bridgehead atoms. The quantitative estimate of drug-likeness (QED) is 0.439. The van der Waals surface area contributed by atoms with Crippen molar-refractivity contribution in [3.8, 4) is 0 Å². The smallest absolute Gasteiger partial charge is 0.191 e. The summed E-state index contributed by atoms with van der Waals surface area (Å²) in [5.41, 5.74) is 3.66. The number of hydrogen-bond donors (Lipinski definition) is 2. The van der Waals surface area contributed by atoms with E-state index >= 15 is 0 Å². The van der Waals surface area contributed by atoms with Gasteiger partial charge < -0.3 is 9.73 Å². The van der Waals surface area contributed by atoms with Crippen molar-refractivity contribution in [2.45, 2.75) is 0 Å². The minimum atomic E-state index is 0.424. The van der Waals surface area contributed by atoms with E-state index in [9.17, 15) is 0 Å². The van der Waals surface area contributed by atoms with Crippen LogP contribution in [0.2, 0.25) is 0 Å². The van der Waals surface area contributed by atoms with Crippen molar-refractivity contribution >= 4 is 40.0 Å². The molecule has 0 fully saturated rings. The van der Waals surface area contributed by atoms with Crippen LogP contribution in [0.3, 0.4) is 0 Å². The van der Waals surface area contributed by atoms with E-state index < -0.39 is 0 Å². The highest BCUT2D eigenvalue weighted by atomic mass is 32.1. The summed E-state index contributed by atoms with van der Waals surface area (Å²) in [6, 6.07) is 17.8. The normalized spacial score (nSPS) is 10.9. The first-order valence-corrected chi connectivity index (χ1v) is 6.84. The fourth-order valence-electron chi connectivity index (χ4n) is 1.95. The van der Waals surface area contributed by atoms with Gasteiger partial charge in [0.15, 0.2) is 5.11 Å². The molecule has 3 rings (SSSR count). The molecule has 0 amide bonds. The Morgan fingerprint density at radius 2 is 1.90 bits per heavy atom. The molecule has 0 radical (unpaired) electrons. The van der Waals surface area contributed by atoms with Gasteiger partial charge in [-0.1, -0.05) is 30.3 Å². The number of rotatable bonds is 3. The largest absolute Gasteiger partial charge is 0.463 e. The summed E-state index contributed by atoms with van der Waals surface area (Å²) in [7, 11) is 0. The molecule has 104 valence electrons. The third-order valence-electron chi connectivity index (χ3n) is 2.91. The number of nitrogens with zero attached hydrogens (tertiary/aromatic N) is 1. The van der Waals surface area contributed by atoms with Gasteiger partial charge in [-0.25, -0.2) is 0 Å². The molecule has 1 aromatic heterocycles. The SMILES string of the molecule is S=C(N/N=C\c1ccco1)Nc1ccc2ccccc2c1. The van der Waals surface area contributed by atoms with Crippen LogP contribution < -0.4 is 10.7 Å². The van der Waals surface area contributed by atoms with Crippen molar-refractivity contribution in [1.29, 1.82) is 0 Å². The predicted octanol–water partition coefficient (Wildman–Crippen LogP) is 3.75. The summed E-state index contributed by atoms with van der Waals surface area (Å²) in [5.74, 6) is 0.663. The lowest BCUT2D eigenvalue weighted by molar-refractivity contribution is 0.560. The van der Waals surface area contributed by atoms with Crippen molar-refractivity contribution in [2.24, 2.45) is 5.10 Å². The zero-order chi connectivity index (χ0) is 14.5. The van der Waals surface area contributed by atoms with E-state index in [0.29, 0.717) is 10.9 Å². The van der Waals surface area contributed by atoms with Crippen LogP contribution in [0.15, 0.2) is 70.4 Å². The van der Waals surface area contributed by atoms with Crippen LogP contribution in [-0.4, -0.2) is 11.3 Å². The van der Waals surface area contributed by atoms with Crippen LogP contribution in [0.25, 0.3) is 10.8 Å². The van der Waals surface area contributed by atoms with E-state index in [0.717, 1.165) is 11.1 Å². The molecule has 0 aliphatic heterocycles. The number of nitrogens with one attached hydrogen (secondary N) is 2. The summed E-state index contributed by atoms with van der Waals surface area (Å²) in [5, 5.41) is 9.86. The molecule has 0 atom stereocenters. The lowest BCUT2D eigenvalue weighted by atomic mass is 10.1. The molecule has 3 aromatic rings. The summed E-state index contributed by atoms with van der Waals surface area (Å²) >= 11 is 5.19. The van der Waals surface area contributed by atoms with Crippen LogP contribution in [0.1, 0.15) is 5.76 Å². The zero-order valence-electron chi connectivity index (χ0n) is 11.1. The average Bonchev–Trinajstić information content (AvgIpc) is 3.00. The molecule has 0 spiro atoms. The zero-order valence-corrected chi connectivity index (χ0v) is 11.9. The highest BCUT2D eigenvalue weighted by Crippen LogP contribution is 2.18. The summed E-state index contributed by atoms with van der Waals surface area (Å²) in [4.78, 5) is 0. The van der Waals surface area contributed by atoms with Crippen molar-refractivity contribution in [1.82, 2.24) is 5.43 Å². The Morgan fingerprint density at radius 1 is 1.05 bits per heavy atom. The maximum Gasteiger partial charge on any atom is 0.191 e. The molecule has 0 saturated heterocycles. The summed E-state index contributed by atoms with van der Waals surface area (Å²) in [6.45, 7) is 0. The third kappa shape index (κ3) is 3.46. The number of benzene rings is 2. The number of hydrazone groups is 1. The molecule has 0 aliphatic rings. The number of anilines is 1. The first kappa shape index (κ1) is 13.3. The van der Waals surface area contributed by atoms with E-state index in [1.165, 1.54) is 5.39 Å². The van der Waals surface area contributed by atoms with Gasteiger partial charge in [0.05, 0.1) is 12.5 Å². The van der Waals surface area contributed by atoms with E-state index in [-0.39, 0.29) is 0 Å². The lowest BCUT2D eigenvalue weighted by Gasteiger charge is -2.07. The lowest BCUT2D eigenvalue weighted by Crippen LogP contribution is -2.23. The van der Waals surface area contributed by atoms with Crippen LogP contribution in [0, 0.1) is 0 Å². The molecule has 1 heterocycles. The molecule has 21 heavy (non-hydrogen) atoms. The fourth-order valence-corrected chi connectivity index (χ4v) is 2.12. The van der Waals surface area contributed by atoms with Crippen LogP contribution in [0.5, 0.6) is 0 Å². The number of furan rings is 1. The van der Waals surface area contributed by atoms with Crippen molar-refractivity contribution in [3.05, 3.63) is 66.6 Å². The Kier molecular flexibility index (Phi) is 3.93. The first-order valence-electron chi connectivity index (χ1n) is 6.44. The van der Waals surface area contributed by atoms with E-state index in [1.807, 2.05) is 36.4 Å². The highest BCUT2D eigenvalue weighted by molar-refractivity contribution is 7.80. The minimum Gasteiger partial charge on any atom is -0.463 e. The van der Waals surface area contributed by atoms with Gasteiger partial charge in [-0.3, -0.25) is 5.43 Å². The Hall–Kier alpha value is -2.66. The van der Waals surface area contributed by atoms with E-state index in [4.69, 9.17) is 16.6 Å². The molecule has 2 N–H and O–H groups in total. The maximum absolute atomic E-state index is 5.19. The number of hydrogen-bond acceptors (Lipinski definition) is 3. The molecule has 0 unspecified atom stereocenters. The maximum atomic E-state index is 5.19. The Labute approximate surface area is 127 Å². The van der Waals surface area contributed by atoms with Gasteiger partial charge in [0.2, 0.25) is 0 Å².